The predicted octanol–water partition coefficient (Wildman–Crippen LogP) is 2.30. The molecule has 0 unspecified atom stereocenters. The summed E-state index contributed by atoms with van der Waals surface area (Å²) in [6.07, 6.45) is 1.86. The van der Waals surface area contributed by atoms with Crippen molar-refractivity contribution in [3.8, 4) is 0 Å². The molecule has 0 aliphatic heterocycles. The monoisotopic (exact) mass is 313 g/mol. The quantitative estimate of drug-likeness (QED) is 0.817. The number of nitrogens with zero attached hydrogens (tertiary/aromatic N) is 1. The van der Waals surface area contributed by atoms with Crippen LogP contribution in [0.4, 0.5) is 0 Å². The van der Waals surface area contributed by atoms with Crippen molar-refractivity contribution in [3.05, 3.63) is 52.8 Å². The van der Waals surface area contributed by atoms with Crippen LogP contribution in [0.1, 0.15) is 10.5 Å². The third-order valence-electron chi connectivity index (χ3n) is 2.23. The van der Waals surface area contributed by atoms with Gasteiger partial charge in [0.1, 0.15) is 0 Å². The molecule has 0 bridgehead atoms. The zero-order chi connectivity index (χ0) is 12.5. The highest BCUT2D eigenvalue weighted by molar-refractivity contribution is 9.10. The molecule has 0 fully saturated rings. The summed E-state index contributed by atoms with van der Waals surface area (Å²) in [5.41, 5.74) is 0.105. The van der Waals surface area contributed by atoms with E-state index in [0.717, 1.165) is 8.45 Å². The van der Waals surface area contributed by atoms with Crippen LogP contribution in [0.5, 0.6) is 0 Å². The maximum absolute atomic E-state index is 12.2. The first-order chi connectivity index (χ1) is 8.05. The molecule has 0 atom stereocenters. The van der Waals surface area contributed by atoms with Crippen LogP contribution in [0, 0.1) is 0 Å². The summed E-state index contributed by atoms with van der Waals surface area (Å²) in [5, 5.41) is 0. The second-order valence-electron chi connectivity index (χ2n) is 3.31. The topological polar surface area (TPSA) is 56.1 Å². The Bertz CT molecular complexity index is 644. The molecule has 0 saturated heterocycles. The van der Waals surface area contributed by atoms with Gasteiger partial charge in [0.25, 0.3) is 10.0 Å². The molecule has 4 nitrogen and oxygen atoms in total. The Labute approximate surface area is 107 Å². The fourth-order valence-corrected chi connectivity index (χ4v) is 2.99. The molecule has 0 radical (unpaired) electrons. The van der Waals surface area contributed by atoms with Crippen molar-refractivity contribution in [2.24, 2.45) is 0 Å². The Hall–Kier alpha value is -1.40. The number of hydrogen-bond acceptors (Lipinski definition) is 3. The van der Waals surface area contributed by atoms with Crippen molar-refractivity contribution < 1.29 is 13.2 Å². The van der Waals surface area contributed by atoms with Crippen LogP contribution >= 0.6 is 15.9 Å². The number of benzene rings is 1. The molecule has 17 heavy (non-hydrogen) atoms. The molecule has 0 amide bonds. The number of aldehydes is 1. The fourth-order valence-electron chi connectivity index (χ4n) is 1.41. The van der Waals surface area contributed by atoms with E-state index in [9.17, 15) is 13.2 Å². The molecule has 0 saturated carbocycles. The molecular formula is C11H8BrNO3S. The van der Waals surface area contributed by atoms with Gasteiger partial charge in [0.2, 0.25) is 0 Å². The first-order valence-corrected chi connectivity index (χ1v) is 6.92. The number of halogens is 1. The summed E-state index contributed by atoms with van der Waals surface area (Å²) in [7, 11) is -3.69. The second-order valence-corrected chi connectivity index (χ2v) is 6.04. The smallest absolute Gasteiger partial charge is 0.268 e. The molecule has 0 spiro atoms. The van der Waals surface area contributed by atoms with Crippen LogP contribution in [-0.2, 0) is 10.0 Å². The normalized spacial score (nSPS) is 11.4. The Kier molecular flexibility index (Phi) is 3.17. The Morgan fingerprint density at radius 1 is 1.12 bits per heavy atom. The minimum absolute atomic E-state index is 0.105. The lowest BCUT2D eigenvalue weighted by Crippen LogP contribution is -2.14. The van der Waals surface area contributed by atoms with Gasteiger partial charge in [-0.3, -0.25) is 4.79 Å². The van der Waals surface area contributed by atoms with Gasteiger partial charge in [-0.05, 0) is 36.4 Å². The molecular weight excluding hydrogens is 306 g/mol. The molecule has 2 rings (SSSR count). The van der Waals surface area contributed by atoms with Crippen LogP contribution in [-0.4, -0.2) is 18.7 Å². The van der Waals surface area contributed by atoms with Crippen molar-refractivity contribution in [2.45, 2.75) is 4.90 Å². The molecule has 6 heteroatoms. The molecule has 0 N–H and O–H groups in total. The van der Waals surface area contributed by atoms with E-state index in [1.165, 1.54) is 30.5 Å². The van der Waals surface area contributed by atoms with Crippen molar-refractivity contribution in [1.29, 1.82) is 0 Å². The highest BCUT2D eigenvalue weighted by Gasteiger charge is 2.18. The van der Waals surface area contributed by atoms with E-state index in [0.29, 0.717) is 6.29 Å². The molecule has 88 valence electrons. The predicted molar refractivity (Wildman–Crippen MR) is 66.5 cm³/mol. The van der Waals surface area contributed by atoms with E-state index in [1.807, 2.05) is 0 Å². The van der Waals surface area contributed by atoms with E-state index in [-0.39, 0.29) is 10.6 Å². The van der Waals surface area contributed by atoms with Crippen molar-refractivity contribution in [2.75, 3.05) is 0 Å². The summed E-state index contributed by atoms with van der Waals surface area (Å²) in [6.45, 7) is 0. The molecule has 0 aliphatic carbocycles. The van der Waals surface area contributed by atoms with E-state index in [1.54, 1.807) is 12.1 Å². The number of rotatable bonds is 3. The standard InChI is InChI=1S/C11H8BrNO3S/c12-9-3-5-11(6-4-9)17(15,16)13-7-1-2-10(13)8-14/h1-8H. The summed E-state index contributed by atoms with van der Waals surface area (Å²) >= 11 is 3.23. The van der Waals surface area contributed by atoms with Gasteiger partial charge >= 0.3 is 0 Å². The number of carbonyl (C=O) groups is 1. The molecule has 1 aromatic carbocycles. The van der Waals surface area contributed by atoms with E-state index >= 15 is 0 Å². The summed E-state index contributed by atoms with van der Waals surface area (Å²) in [6, 6.07) is 9.19. The number of carbonyl (C=O) groups excluding carboxylic acids is 1. The van der Waals surface area contributed by atoms with E-state index in [2.05, 4.69) is 15.9 Å². The first kappa shape index (κ1) is 12.1. The van der Waals surface area contributed by atoms with Crippen molar-refractivity contribution >= 4 is 32.2 Å². The Balaban J connectivity index is 2.57. The van der Waals surface area contributed by atoms with Crippen LogP contribution < -0.4 is 0 Å². The van der Waals surface area contributed by atoms with Crippen LogP contribution in [0.2, 0.25) is 0 Å². The number of aromatic nitrogens is 1. The average molecular weight is 314 g/mol. The minimum Gasteiger partial charge on any atom is -0.296 e. The van der Waals surface area contributed by atoms with Gasteiger partial charge < -0.3 is 0 Å². The third-order valence-corrected chi connectivity index (χ3v) is 4.48. The summed E-state index contributed by atoms with van der Waals surface area (Å²) in [5.74, 6) is 0. The Morgan fingerprint density at radius 3 is 2.35 bits per heavy atom. The van der Waals surface area contributed by atoms with Gasteiger partial charge in [0, 0.05) is 10.7 Å². The summed E-state index contributed by atoms with van der Waals surface area (Å²) in [4.78, 5) is 10.9. The van der Waals surface area contributed by atoms with Gasteiger partial charge in [-0.25, -0.2) is 12.4 Å². The van der Waals surface area contributed by atoms with Gasteiger partial charge in [-0.2, -0.15) is 0 Å². The Morgan fingerprint density at radius 2 is 1.76 bits per heavy atom. The lowest BCUT2D eigenvalue weighted by Gasteiger charge is -2.07. The van der Waals surface area contributed by atoms with Gasteiger partial charge in [0.15, 0.2) is 6.29 Å². The second kappa shape index (κ2) is 4.46. The van der Waals surface area contributed by atoms with Gasteiger partial charge in [-0.15, -0.1) is 0 Å². The first-order valence-electron chi connectivity index (χ1n) is 4.69. The lowest BCUT2D eigenvalue weighted by molar-refractivity contribution is 0.111. The van der Waals surface area contributed by atoms with E-state index < -0.39 is 10.0 Å². The largest absolute Gasteiger partial charge is 0.296 e. The molecule has 0 aliphatic rings. The highest BCUT2D eigenvalue weighted by atomic mass is 79.9. The third kappa shape index (κ3) is 2.18. The van der Waals surface area contributed by atoms with E-state index in [4.69, 9.17) is 0 Å². The minimum atomic E-state index is -3.69. The maximum Gasteiger partial charge on any atom is 0.268 e. The van der Waals surface area contributed by atoms with Crippen LogP contribution in [0.3, 0.4) is 0 Å². The van der Waals surface area contributed by atoms with Crippen molar-refractivity contribution in [3.63, 3.8) is 0 Å². The lowest BCUT2D eigenvalue weighted by atomic mass is 10.4. The van der Waals surface area contributed by atoms with Crippen molar-refractivity contribution in [1.82, 2.24) is 3.97 Å². The average Bonchev–Trinajstić information content (AvgIpc) is 2.78. The molecule has 1 heterocycles. The number of hydrogen-bond donors (Lipinski definition) is 0. The fraction of sp³-hybridized carbons (Fsp3) is 0. The summed E-state index contributed by atoms with van der Waals surface area (Å²) < 4.78 is 26.1. The van der Waals surface area contributed by atoms with Gasteiger partial charge in [-0.1, -0.05) is 15.9 Å². The van der Waals surface area contributed by atoms with Crippen LogP contribution in [0.15, 0.2) is 52.0 Å². The molecule has 2 aromatic rings. The maximum atomic E-state index is 12.2. The SMILES string of the molecule is O=Cc1cccn1S(=O)(=O)c1ccc(Br)cc1. The van der Waals surface area contributed by atoms with Gasteiger partial charge in [0.05, 0.1) is 10.6 Å². The zero-order valence-corrected chi connectivity index (χ0v) is 11.0. The molecule has 1 aromatic heterocycles. The van der Waals surface area contributed by atoms with Crippen LogP contribution in [0.25, 0.3) is 0 Å². The highest BCUT2D eigenvalue weighted by Crippen LogP contribution is 2.18. The zero-order valence-electron chi connectivity index (χ0n) is 8.58.